The van der Waals surface area contributed by atoms with Crippen molar-refractivity contribution in [3.8, 4) is 6.07 Å². The number of aliphatic imine (C=N–C) groups is 2. The Balaban J connectivity index is 1.48. The van der Waals surface area contributed by atoms with Crippen LogP contribution in [0.1, 0.15) is 38.3 Å². The van der Waals surface area contributed by atoms with E-state index in [4.69, 9.17) is 5.26 Å². The van der Waals surface area contributed by atoms with Crippen LogP contribution in [0.4, 0.5) is 13.2 Å². The van der Waals surface area contributed by atoms with Gasteiger partial charge in [0.05, 0.1) is 28.5 Å². The molecule has 2 aromatic rings. The SMILES string of the molecule is N#Cc1cccc(C(=O)N2C=C3C=NC(NC(=O)c4ccccc4C(F)(F)F)N=C3CC2)c1. The number of nitrogens with one attached hydrogen (secondary N) is 1. The summed E-state index contributed by atoms with van der Waals surface area (Å²) >= 11 is 0. The van der Waals surface area contributed by atoms with E-state index in [-0.39, 0.29) is 5.91 Å². The minimum Gasteiger partial charge on any atom is -0.314 e. The van der Waals surface area contributed by atoms with Gasteiger partial charge in [0.1, 0.15) is 0 Å². The second-order valence-corrected chi connectivity index (χ2v) is 7.27. The molecule has 0 aliphatic carbocycles. The number of fused-ring (bicyclic) bond motifs is 1. The van der Waals surface area contributed by atoms with Crippen LogP contribution in [0.3, 0.4) is 0 Å². The van der Waals surface area contributed by atoms with E-state index in [0.29, 0.717) is 35.4 Å². The number of alkyl halides is 3. The van der Waals surface area contributed by atoms with E-state index >= 15 is 0 Å². The summed E-state index contributed by atoms with van der Waals surface area (Å²) in [5.74, 6) is -1.22. The number of benzene rings is 2. The fourth-order valence-electron chi connectivity index (χ4n) is 3.50. The summed E-state index contributed by atoms with van der Waals surface area (Å²) in [6.45, 7) is 0.309. The number of carbonyl (C=O) groups excluding carboxylic acids is 2. The average molecular weight is 451 g/mol. The summed E-state index contributed by atoms with van der Waals surface area (Å²) in [6.07, 6.45) is -2.37. The third kappa shape index (κ3) is 4.67. The maximum atomic E-state index is 13.2. The van der Waals surface area contributed by atoms with Gasteiger partial charge in [-0.25, -0.2) is 9.98 Å². The first-order chi connectivity index (χ1) is 15.8. The Morgan fingerprint density at radius 3 is 2.70 bits per heavy atom. The third-order valence-corrected chi connectivity index (χ3v) is 5.09. The van der Waals surface area contributed by atoms with Gasteiger partial charge in [-0.05, 0) is 30.3 Å². The minimum atomic E-state index is -4.67. The first-order valence-corrected chi connectivity index (χ1v) is 9.86. The van der Waals surface area contributed by atoms with Crippen LogP contribution in [-0.2, 0) is 6.18 Å². The molecule has 0 radical (unpaired) electrons. The molecule has 0 bridgehead atoms. The zero-order valence-electron chi connectivity index (χ0n) is 17.0. The standard InChI is InChI=1S/C23H16F3N5O2/c24-23(25,26)18-7-2-1-6-17(18)20(32)30-22-28-12-16-13-31(9-8-19(16)29-22)21(33)15-5-3-4-14(10-15)11-27/h1-7,10,12-13,22H,8-9H2,(H,30,32). The highest BCUT2D eigenvalue weighted by atomic mass is 19.4. The number of allylic oxidation sites excluding steroid dienone is 1. The highest BCUT2D eigenvalue weighted by Crippen LogP contribution is 2.32. The van der Waals surface area contributed by atoms with Crippen LogP contribution in [0.25, 0.3) is 0 Å². The number of carbonyl (C=O) groups is 2. The van der Waals surface area contributed by atoms with Crippen molar-refractivity contribution in [3.63, 3.8) is 0 Å². The van der Waals surface area contributed by atoms with E-state index in [0.717, 1.165) is 12.1 Å². The van der Waals surface area contributed by atoms with E-state index in [1.165, 1.54) is 29.3 Å². The molecule has 2 aliphatic heterocycles. The van der Waals surface area contributed by atoms with Gasteiger partial charge in [0, 0.05) is 36.5 Å². The second-order valence-electron chi connectivity index (χ2n) is 7.27. The Kier molecular flexibility index (Phi) is 5.79. The molecule has 0 saturated heterocycles. The number of nitriles is 1. The zero-order valence-corrected chi connectivity index (χ0v) is 17.0. The topological polar surface area (TPSA) is 97.9 Å². The lowest BCUT2D eigenvalue weighted by Crippen LogP contribution is -2.39. The molecule has 2 aromatic carbocycles. The van der Waals surface area contributed by atoms with Crippen molar-refractivity contribution in [2.75, 3.05) is 6.54 Å². The molecular formula is C23H16F3N5O2. The van der Waals surface area contributed by atoms with Gasteiger partial charge in [-0.15, -0.1) is 0 Å². The lowest BCUT2D eigenvalue weighted by molar-refractivity contribution is -0.137. The Morgan fingerprint density at radius 1 is 1.15 bits per heavy atom. The smallest absolute Gasteiger partial charge is 0.314 e. The van der Waals surface area contributed by atoms with Crippen LogP contribution in [0, 0.1) is 11.3 Å². The number of nitrogens with zero attached hydrogens (tertiary/aromatic N) is 4. The van der Waals surface area contributed by atoms with Gasteiger partial charge in [-0.1, -0.05) is 18.2 Å². The molecule has 4 rings (SSSR count). The first kappa shape index (κ1) is 22.0. The van der Waals surface area contributed by atoms with E-state index in [2.05, 4.69) is 15.3 Å². The van der Waals surface area contributed by atoms with Crippen molar-refractivity contribution >= 4 is 23.7 Å². The van der Waals surface area contributed by atoms with Crippen molar-refractivity contribution in [1.29, 1.82) is 5.26 Å². The fraction of sp³-hybridized carbons (Fsp3) is 0.174. The van der Waals surface area contributed by atoms with Crippen molar-refractivity contribution in [2.45, 2.75) is 18.9 Å². The van der Waals surface area contributed by atoms with Crippen LogP contribution < -0.4 is 5.32 Å². The van der Waals surface area contributed by atoms with Gasteiger partial charge in [0.15, 0.2) is 0 Å². The summed E-state index contributed by atoms with van der Waals surface area (Å²) in [6, 6.07) is 12.8. The molecule has 2 aliphatic rings. The predicted octanol–water partition coefficient (Wildman–Crippen LogP) is 3.55. The van der Waals surface area contributed by atoms with Crippen molar-refractivity contribution in [1.82, 2.24) is 10.2 Å². The Morgan fingerprint density at radius 2 is 1.94 bits per heavy atom. The Hall–Kier alpha value is -4.26. The van der Waals surface area contributed by atoms with Gasteiger partial charge >= 0.3 is 6.18 Å². The monoisotopic (exact) mass is 451 g/mol. The van der Waals surface area contributed by atoms with Crippen LogP contribution >= 0.6 is 0 Å². The maximum absolute atomic E-state index is 13.2. The number of hydrogen-bond acceptors (Lipinski definition) is 5. The Bertz CT molecular complexity index is 1260. The van der Waals surface area contributed by atoms with Crippen molar-refractivity contribution < 1.29 is 22.8 Å². The second kappa shape index (κ2) is 8.70. The molecule has 7 nitrogen and oxygen atoms in total. The molecule has 10 heteroatoms. The molecule has 0 aromatic heterocycles. The largest absolute Gasteiger partial charge is 0.417 e. The molecule has 0 spiro atoms. The molecular weight excluding hydrogens is 435 g/mol. The van der Waals surface area contributed by atoms with Crippen LogP contribution in [-0.4, -0.2) is 41.5 Å². The molecule has 1 N–H and O–H groups in total. The van der Waals surface area contributed by atoms with E-state index < -0.39 is 29.5 Å². The molecule has 0 fully saturated rings. The van der Waals surface area contributed by atoms with Gasteiger partial charge in [-0.3, -0.25) is 9.59 Å². The lowest BCUT2D eigenvalue weighted by atomic mass is 10.0. The minimum absolute atomic E-state index is 0.286. The third-order valence-electron chi connectivity index (χ3n) is 5.09. The summed E-state index contributed by atoms with van der Waals surface area (Å²) in [7, 11) is 0. The number of rotatable bonds is 3. The first-order valence-electron chi connectivity index (χ1n) is 9.86. The van der Waals surface area contributed by atoms with Gasteiger partial charge in [0.25, 0.3) is 11.8 Å². The summed E-state index contributed by atoms with van der Waals surface area (Å²) < 4.78 is 39.5. The van der Waals surface area contributed by atoms with E-state index in [9.17, 15) is 22.8 Å². The molecule has 166 valence electrons. The fourth-order valence-corrected chi connectivity index (χ4v) is 3.50. The normalized spacial score (nSPS) is 17.4. The summed E-state index contributed by atoms with van der Waals surface area (Å²) in [5, 5.41) is 11.4. The van der Waals surface area contributed by atoms with Gasteiger partial charge < -0.3 is 10.2 Å². The molecule has 1 unspecified atom stereocenters. The Labute approximate surface area is 186 Å². The zero-order chi connectivity index (χ0) is 23.6. The lowest BCUT2D eigenvalue weighted by Gasteiger charge is -2.28. The molecule has 1 atom stereocenters. The van der Waals surface area contributed by atoms with Crippen LogP contribution in [0.5, 0.6) is 0 Å². The van der Waals surface area contributed by atoms with Crippen molar-refractivity contribution in [2.24, 2.45) is 9.98 Å². The molecule has 0 saturated carbocycles. The van der Waals surface area contributed by atoms with Crippen LogP contribution in [0.2, 0.25) is 0 Å². The van der Waals surface area contributed by atoms with E-state index in [1.54, 1.807) is 24.4 Å². The predicted molar refractivity (Wildman–Crippen MR) is 114 cm³/mol. The maximum Gasteiger partial charge on any atom is 0.417 e. The van der Waals surface area contributed by atoms with Gasteiger partial charge in [-0.2, -0.15) is 18.4 Å². The quantitative estimate of drug-likeness (QED) is 0.773. The summed E-state index contributed by atoms with van der Waals surface area (Å²) in [4.78, 5) is 35.1. The highest BCUT2D eigenvalue weighted by molar-refractivity contribution is 6.18. The average Bonchev–Trinajstić information content (AvgIpc) is 2.82. The van der Waals surface area contributed by atoms with Crippen LogP contribution in [0.15, 0.2) is 70.3 Å². The number of amides is 2. The van der Waals surface area contributed by atoms with Crippen molar-refractivity contribution in [3.05, 3.63) is 82.6 Å². The highest BCUT2D eigenvalue weighted by Gasteiger charge is 2.35. The van der Waals surface area contributed by atoms with Gasteiger partial charge in [0.2, 0.25) is 6.29 Å². The molecule has 2 amide bonds. The molecule has 2 heterocycles. The van der Waals surface area contributed by atoms with E-state index in [1.807, 2.05) is 6.07 Å². The number of hydrogen-bond donors (Lipinski definition) is 1. The summed E-state index contributed by atoms with van der Waals surface area (Å²) in [5.41, 5.74) is 0.330. The number of halogens is 3. The molecule has 33 heavy (non-hydrogen) atoms.